The van der Waals surface area contributed by atoms with Crippen molar-refractivity contribution in [1.29, 1.82) is 0 Å². The molecule has 0 bridgehead atoms. The van der Waals surface area contributed by atoms with E-state index in [2.05, 4.69) is 47.3 Å². The molecule has 208 valence electrons. The summed E-state index contributed by atoms with van der Waals surface area (Å²) in [5.41, 5.74) is 4.08. The summed E-state index contributed by atoms with van der Waals surface area (Å²) in [6, 6.07) is 7.58. The van der Waals surface area contributed by atoms with Crippen LogP contribution in [0, 0.1) is 46.3 Å². The molecule has 0 unspecified atom stereocenters. The minimum Gasteiger partial charge on any atom is -0.458 e. The summed E-state index contributed by atoms with van der Waals surface area (Å²) < 4.78 is 6.05. The molecule has 0 saturated heterocycles. The minimum atomic E-state index is -0.184. The van der Waals surface area contributed by atoms with Crippen LogP contribution in [0.2, 0.25) is 0 Å². The second kappa shape index (κ2) is 11.0. The Labute approximate surface area is 232 Å². The summed E-state index contributed by atoms with van der Waals surface area (Å²) in [6.07, 6.45) is 18.6. The average molecular weight is 517 g/mol. The number of allylic oxidation sites excluding steroid dienone is 1. The van der Waals surface area contributed by atoms with E-state index in [4.69, 9.17) is 4.74 Å². The van der Waals surface area contributed by atoms with Crippen molar-refractivity contribution in [1.82, 2.24) is 0 Å². The van der Waals surface area contributed by atoms with Crippen LogP contribution in [0.5, 0.6) is 0 Å². The Balaban J connectivity index is 1.24. The highest BCUT2D eigenvalue weighted by Crippen LogP contribution is 2.67. The lowest BCUT2D eigenvalue weighted by Gasteiger charge is -2.58. The van der Waals surface area contributed by atoms with Crippen molar-refractivity contribution in [2.45, 2.75) is 111 Å². The van der Waals surface area contributed by atoms with Crippen molar-refractivity contribution in [3.05, 3.63) is 53.6 Å². The summed E-state index contributed by atoms with van der Waals surface area (Å²) in [4.78, 5) is 12.9. The molecule has 0 amide bonds. The van der Waals surface area contributed by atoms with E-state index < -0.39 is 0 Å². The highest BCUT2D eigenvalue weighted by atomic mass is 16.5. The third-order valence-corrected chi connectivity index (χ3v) is 11.9. The molecule has 0 radical (unpaired) electrons. The van der Waals surface area contributed by atoms with E-state index in [1.165, 1.54) is 51.4 Å². The Bertz CT molecular complexity index is 1030. The molecule has 0 aliphatic heterocycles. The molecule has 8 atom stereocenters. The summed E-state index contributed by atoms with van der Waals surface area (Å²) in [5, 5.41) is 0. The Morgan fingerprint density at radius 2 is 1.79 bits per heavy atom. The van der Waals surface area contributed by atoms with Gasteiger partial charge in [-0.3, -0.25) is 0 Å². The maximum Gasteiger partial charge on any atom is 0.338 e. The zero-order valence-electron chi connectivity index (χ0n) is 24.8. The molecule has 1 aromatic carbocycles. The highest BCUT2D eigenvalue weighted by molar-refractivity contribution is 5.89. The van der Waals surface area contributed by atoms with Crippen molar-refractivity contribution in [3.8, 4) is 0 Å². The minimum absolute atomic E-state index is 0.00821. The van der Waals surface area contributed by atoms with Crippen LogP contribution in [-0.4, -0.2) is 12.1 Å². The SMILES string of the molecule is C=Cc1ccc(C(=O)O[C@@H]2CC[C@@]3(C)C(=CC[C@H]4[C@H]5CC[C@@H]([C@@H](C)CCCC(C)C)[C@@]5(C)CC[C@@H]43)C2)cc1. The molecule has 3 fully saturated rings. The van der Waals surface area contributed by atoms with E-state index in [-0.39, 0.29) is 12.1 Å². The molecule has 4 aliphatic carbocycles. The third kappa shape index (κ3) is 5.06. The number of carbonyl (C=O) groups is 1. The van der Waals surface area contributed by atoms with Gasteiger partial charge in [0.25, 0.3) is 0 Å². The maximum atomic E-state index is 12.9. The first-order valence-corrected chi connectivity index (χ1v) is 15.8. The van der Waals surface area contributed by atoms with Crippen LogP contribution in [0.15, 0.2) is 42.5 Å². The van der Waals surface area contributed by atoms with E-state index in [0.717, 1.165) is 60.3 Å². The topological polar surface area (TPSA) is 26.3 Å². The predicted octanol–water partition coefficient (Wildman–Crippen LogP) is 9.90. The van der Waals surface area contributed by atoms with Gasteiger partial charge in [0.2, 0.25) is 0 Å². The summed E-state index contributed by atoms with van der Waals surface area (Å²) >= 11 is 0. The number of hydrogen-bond donors (Lipinski definition) is 0. The van der Waals surface area contributed by atoms with Crippen LogP contribution in [0.3, 0.4) is 0 Å². The molecule has 0 heterocycles. The van der Waals surface area contributed by atoms with Crippen molar-refractivity contribution in [2.24, 2.45) is 46.3 Å². The predicted molar refractivity (Wildman–Crippen MR) is 159 cm³/mol. The fourth-order valence-corrected chi connectivity index (χ4v) is 9.73. The smallest absolute Gasteiger partial charge is 0.338 e. The van der Waals surface area contributed by atoms with Gasteiger partial charge >= 0.3 is 5.97 Å². The largest absolute Gasteiger partial charge is 0.458 e. The summed E-state index contributed by atoms with van der Waals surface area (Å²) in [5.74, 6) is 4.96. The monoisotopic (exact) mass is 516 g/mol. The highest BCUT2D eigenvalue weighted by Gasteiger charge is 2.59. The summed E-state index contributed by atoms with van der Waals surface area (Å²) in [6.45, 7) is 16.3. The lowest BCUT2D eigenvalue weighted by atomic mass is 9.47. The van der Waals surface area contributed by atoms with Gasteiger partial charge in [0.15, 0.2) is 0 Å². The Morgan fingerprint density at radius 3 is 2.50 bits per heavy atom. The zero-order chi connectivity index (χ0) is 27.1. The van der Waals surface area contributed by atoms with Gasteiger partial charge in [-0.15, -0.1) is 0 Å². The van der Waals surface area contributed by atoms with E-state index in [1.807, 2.05) is 24.3 Å². The van der Waals surface area contributed by atoms with Crippen molar-refractivity contribution < 1.29 is 9.53 Å². The van der Waals surface area contributed by atoms with E-state index in [1.54, 1.807) is 11.6 Å². The first-order chi connectivity index (χ1) is 18.2. The zero-order valence-corrected chi connectivity index (χ0v) is 24.8. The van der Waals surface area contributed by atoms with Crippen LogP contribution < -0.4 is 0 Å². The molecule has 2 nitrogen and oxygen atoms in total. The fourth-order valence-electron chi connectivity index (χ4n) is 9.73. The van der Waals surface area contributed by atoms with E-state index in [0.29, 0.717) is 16.4 Å². The average Bonchev–Trinajstić information content (AvgIpc) is 3.26. The summed E-state index contributed by atoms with van der Waals surface area (Å²) in [7, 11) is 0. The van der Waals surface area contributed by atoms with Gasteiger partial charge in [-0.25, -0.2) is 4.79 Å². The van der Waals surface area contributed by atoms with Crippen molar-refractivity contribution in [2.75, 3.05) is 0 Å². The molecule has 0 aromatic heterocycles. The van der Waals surface area contributed by atoms with Gasteiger partial charge in [-0.1, -0.05) is 90.3 Å². The lowest BCUT2D eigenvalue weighted by Crippen LogP contribution is -2.51. The Hall–Kier alpha value is -1.83. The molecule has 1 aromatic rings. The number of carbonyl (C=O) groups excluding carboxylic acids is 1. The molecule has 2 heteroatoms. The van der Waals surface area contributed by atoms with E-state index in [9.17, 15) is 4.79 Å². The van der Waals surface area contributed by atoms with Crippen LogP contribution in [-0.2, 0) is 4.74 Å². The van der Waals surface area contributed by atoms with Crippen LogP contribution in [0.4, 0.5) is 0 Å². The lowest BCUT2D eigenvalue weighted by molar-refractivity contribution is -0.0594. The van der Waals surface area contributed by atoms with Crippen LogP contribution in [0.25, 0.3) is 6.08 Å². The molecule has 0 spiro atoms. The fraction of sp³-hybridized carbons (Fsp3) is 0.694. The normalized spacial score (nSPS) is 37.0. The molecule has 38 heavy (non-hydrogen) atoms. The van der Waals surface area contributed by atoms with Gasteiger partial charge in [0.1, 0.15) is 6.10 Å². The second-order valence-electron chi connectivity index (χ2n) is 14.4. The van der Waals surface area contributed by atoms with Crippen molar-refractivity contribution in [3.63, 3.8) is 0 Å². The molecular formula is C36H52O2. The van der Waals surface area contributed by atoms with E-state index >= 15 is 0 Å². The maximum absolute atomic E-state index is 12.9. The molecule has 4 aliphatic rings. The standard InChI is InChI=1S/C36H52O2/c1-7-26-11-13-27(14-12-26)34(37)38-29-19-21-35(5)28(23-29)15-16-30-32-18-17-31(25(4)10-8-9-24(2)3)36(32,6)22-20-33(30)35/h7,11-15,24-25,29-33H,1,8-10,16-23H2,2-6H3/t25-,29+,30-,31-,32+,33-,35-,36+/m0/s1. The quantitative estimate of drug-likeness (QED) is 0.254. The van der Waals surface area contributed by atoms with Crippen molar-refractivity contribution >= 4 is 12.0 Å². The van der Waals surface area contributed by atoms with Crippen LogP contribution in [0.1, 0.15) is 121 Å². The molecule has 0 N–H and O–H groups in total. The number of ether oxygens (including phenoxy) is 1. The number of hydrogen-bond acceptors (Lipinski definition) is 2. The second-order valence-corrected chi connectivity index (χ2v) is 14.4. The molecule has 5 rings (SSSR count). The first-order valence-electron chi connectivity index (χ1n) is 15.8. The molecule has 3 saturated carbocycles. The number of esters is 1. The number of fused-ring (bicyclic) bond motifs is 5. The third-order valence-electron chi connectivity index (χ3n) is 11.9. The Kier molecular flexibility index (Phi) is 8.01. The van der Waals surface area contributed by atoms with Gasteiger partial charge in [-0.2, -0.15) is 0 Å². The number of rotatable bonds is 8. The first kappa shape index (κ1) is 27.7. The molecular weight excluding hydrogens is 464 g/mol. The van der Waals surface area contributed by atoms with Gasteiger partial charge < -0.3 is 4.74 Å². The Morgan fingerprint density at radius 1 is 1.03 bits per heavy atom. The number of benzene rings is 1. The van der Waals surface area contributed by atoms with Gasteiger partial charge in [-0.05, 0) is 109 Å². The van der Waals surface area contributed by atoms with Gasteiger partial charge in [0, 0.05) is 6.42 Å². The van der Waals surface area contributed by atoms with Gasteiger partial charge in [0.05, 0.1) is 5.56 Å². The van der Waals surface area contributed by atoms with Crippen LogP contribution >= 0.6 is 0 Å².